The molecule has 1 heterocycles. The van der Waals surface area contributed by atoms with E-state index in [0.29, 0.717) is 6.54 Å². The van der Waals surface area contributed by atoms with E-state index in [-0.39, 0.29) is 6.61 Å². The van der Waals surface area contributed by atoms with Gasteiger partial charge in [0.15, 0.2) is 0 Å². The molecule has 0 bridgehead atoms. The smallest absolute Gasteiger partial charge is 0.326 e. The number of thiazole rings is 1. The van der Waals surface area contributed by atoms with E-state index < -0.39 is 24.0 Å². The fourth-order valence-electron chi connectivity index (χ4n) is 1.42. The molecule has 0 unspecified atom stereocenters. The van der Waals surface area contributed by atoms with Crippen LogP contribution in [0.1, 0.15) is 11.8 Å². The third-order valence-corrected chi connectivity index (χ3v) is 3.39. The molecule has 0 aliphatic carbocycles. The molecule has 0 aliphatic heterocycles. The van der Waals surface area contributed by atoms with Crippen molar-refractivity contribution in [2.45, 2.75) is 19.5 Å². The number of aromatic nitrogens is 1. The molecule has 0 saturated heterocycles. The Morgan fingerprint density at radius 1 is 1.58 bits per heavy atom. The Kier molecular flexibility index (Phi) is 5.71. The highest BCUT2D eigenvalue weighted by Gasteiger charge is 2.27. The summed E-state index contributed by atoms with van der Waals surface area (Å²) in [4.78, 5) is 29.1. The molecule has 106 valence electrons. The number of aliphatic hydroxyl groups is 1. The van der Waals surface area contributed by atoms with Gasteiger partial charge in [-0.25, -0.2) is 9.59 Å². The van der Waals surface area contributed by atoms with Crippen molar-refractivity contribution in [2.24, 2.45) is 5.92 Å². The molecular weight excluding hydrogens is 270 g/mol. The van der Waals surface area contributed by atoms with Crippen molar-refractivity contribution < 1.29 is 19.8 Å². The number of nitrogens with zero attached hydrogens (tertiary/aromatic N) is 2. The van der Waals surface area contributed by atoms with Crippen LogP contribution in [0.2, 0.25) is 0 Å². The maximum Gasteiger partial charge on any atom is 0.326 e. The largest absolute Gasteiger partial charge is 0.480 e. The minimum atomic E-state index is -1.17. The van der Waals surface area contributed by atoms with Crippen molar-refractivity contribution in [1.29, 1.82) is 0 Å². The summed E-state index contributed by atoms with van der Waals surface area (Å²) in [6.45, 7) is 1.61. The molecule has 1 aromatic rings. The highest BCUT2D eigenvalue weighted by atomic mass is 32.1. The average molecular weight is 287 g/mol. The molecule has 1 aromatic heterocycles. The summed E-state index contributed by atoms with van der Waals surface area (Å²) in [6.07, 6.45) is 1.65. The summed E-state index contributed by atoms with van der Waals surface area (Å²) in [6, 6.07) is -1.61. The Bertz CT molecular complexity index is 424. The van der Waals surface area contributed by atoms with Gasteiger partial charge in [-0.15, -0.1) is 11.3 Å². The fourth-order valence-corrected chi connectivity index (χ4v) is 2.07. The maximum absolute atomic E-state index is 11.9. The number of nitrogens with one attached hydrogen (secondary N) is 1. The third-order valence-electron chi connectivity index (χ3n) is 2.63. The highest BCUT2D eigenvalue weighted by molar-refractivity contribution is 7.09. The molecule has 19 heavy (non-hydrogen) atoms. The molecule has 2 amide bonds. The van der Waals surface area contributed by atoms with E-state index in [1.165, 1.54) is 16.2 Å². The van der Waals surface area contributed by atoms with Crippen molar-refractivity contribution in [1.82, 2.24) is 15.2 Å². The topological polar surface area (TPSA) is 103 Å². The molecule has 2 atom stereocenters. The summed E-state index contributed by atoms with van der Waals surface area (Å²) in [5, 5.41) is 20.4. The van der Waals surface area contributed by atoms with Crippen LogP contribution in [0, 0.1) is 5.92 Å². The van der Waals surface area contributed by atoms with Gasteiger partial charge in [0.25, 0.3) is 0 Å². The molecule has 0 aromatic carbocycles. The first kappa shape index (κ1) is 15.4. The van der Waals surface area contributed by atoms with E-state index in [0.717, 1.165) is 4.88 Å². The molecule has 8 heteroatoms. The van der Waals surface area contributed by atoms with Crippen LogP contribution in [0.15, 0.2) is 11.7 Å². The summed E-state index contributed by atoms with van der Waals surface area (Å²) in [5.41, 5.74) is 1.66. The zero-order valence-electron chi connectivity index (χ0n) is 10.7. The number of aliphatic carboxylic acids is 1. The summed E-state index contributed by atoms with van der Waals surface area (Å²) in [5.74, 6) is -1.72. The van der Waals surface area contributed by atoms with Gasteiger partial charge in [-0.3, -0.25) is 4.98 Å². The van der Waals surface area contributed by atoms with E-state index in [1.54, 1.807) is 25.7 Å². The van der Waals surface area contributed by atoms with E-state index >= 15 is 0 Å². The zero-order chi connectivity index (χ0) is 14.4. The summed E-state index contributed by atoms with van der Waals surface area (Å²) >= 11 is 1.42. The Labute approximate surface area is 114 Å². The maximum atomic E-state index is 11.9. The van der Waals surface area contributed by atoms with Crippen molar-refractivity contribution in [3.8, 4) is 0 Å². The first-order valence-electron chi connectivity index (χ1n) is 5.68. The van der Waals surface area contributed by atoms with Crippen LogP contribution < -0.4 is 5.32 Å². The second kappa shape index (κ2) is 7.05. The molecule has 7 nitrogen and oxygen atoms in total. The van der Waals surface area contributed by atoms with E-state index in [2.05, 4.69) is 10.3 Å². The van der Waals surface area contributed by atoms with Crippen LogP contribution in [-0.4, -0.2) is 51.8 Å². The molecule has 0 fully saturated rings. The minimum Gasteiger partial charge on any atom is -0.480 e. The van der Waals surface area contributed by atoms with Crippen molar-refractivity contribution >= 4 is 23.3 Å². The minimum absolute atomic E-state index is 0.310. The second-order valence-electron chi connectivity index (χ2n) is 4.25. The van der Waals surface area contributed by atoms with E-state index in [9.17, 15) is 9.59 Å². The Morgan fingerprint density at radius 2 is 2.26 bits per heavy atom. The molecule has 0 spiro atoms. The molecule has 0 saturated carbocycles. The number of urea groups is 1. The van der Waals surface area contributed by atoms with Gasteiger partial charge in [-0.2, -0.15) is 0 Å². The zero-order valence-corrected chi connectivity index (χ0v) is 11.6. The van der Waals surface area contributed by atoms with Crippen LogP contribution >= 0.6 is 11.3 Å². The SMILES string of the molecule is C[C@@H](CO)[C@H](NC(=O)N(C)Cc1cncs1)C(=O)O. The van der Waals surface area contributed by atoms with Gasteiger partial charge in [0.05, 0.1) is 12.1 Å². The van der Waals surface area contributed by atoms with Crippen LogP contribution in [0.3, 0.4) is 0 Å². The Morgan fingerprint density at radius 3 is 2.74 bits per heavy atom. The lowest BCUT2D eigenvalue weighted by Crippen LogP contribution is -2.50. The van der Waals surface area contributed by atoms with Crippen molar-refractivity contribution in [3.63, 3.8) is 0 Å². The van der Waals surface area contributed by atoms with Gasteiger partial charge in [-0.05, 0) is 0 Å². The first-order chi connectivity index (χ1) is 8.95. The van der Waals surface area contributed by atoms with Crippen LogP contribution in [-0.2, 0) is 11.3 Å². The van der Waals surface area contributed by atoms with Gasteiger partial charge < -0.3 is 20.4 Å². The number of hydrogen-bond acceptors (Lipinski definition) is 5. The standard InChI is InChI=1S/C11H17N3O4S/c1-7(5-15)9(10(16)17)13-11(18)14(2)4-8-3-12-6-19-8/h3,6-7,9,15H,4-5H2,1-2H3,(H,13,18)(H,16,17)/t7-,9-/m0/s1. The normalized spacial score (nSPS) is 13.6. The van der Waals surface area contributed by atoms with Crippen LogP contribution in [0.25, 0.3) is 0 Å². The Balaban J connectivity index is 2.58. The molecule has 0 radical (unpaired) electrons. The van der Waals surface area contributed by atoms with Gasteiger partial charge in [0, 0.05) is 30.6 Å². The van der Waals surface area contributed by atoms with Gasteiger partial charge in [0.2, 0.25) is 0 Å². The van der Waals surface area contributed by atoms with Gasteiger partial charge >= 0.3 is 12.0 Å². The lowest BCUT2D eigenvalue weighted by atomic mass is 10.0. The number of carboxylic acid groups (broad SMARTS) is 1. The molecule has 3 N–H and O–H groups in total. The van der Waals surface area contributed by atoms with Crippen LogP contribution in [0.4, 0.5) is 4.79 Å². The number of carbonyl (C=O) groups is 2. The Hall–Kier alpha value is -1.67. The predicted molar refractivity (Wildman–Crippen MR) is 69.8 cm³/mol. The van der Waals surface area contributed by atoms with Crippen LogP contribution in [0.5, 0.6) is 0 Å². The van der Waals surface area contributed by atoms with E-state index in [1.807, 2.05) is 0 Å². The number of carbonyl (C=O) groups excluding carboxylic acids is 1. The number of amides is 2. The summed E-state index contributed by atoms with van der Waals surface area (Å²) < 4.78 is 0. The molecule has 1 rings (SSSR count). The number of aliphatic hydroxyl groups excluding tert-OH is 1. The number of rotatable bonds is 6. The first-order valence-corrected chi connectivity index (χ1v) is 6.56. The third kappa shape index (κ3) is 4.49. The average Bonchev–Trinajstić information content (AvgIpc) is 2.86. The van der Waals surface area contributed by atoms with E-state index in [4.69, 9.17) is 10.2 Å². The number of carboxylic acids is 1. The predicted octanol–water partition coefficient (Wildman–Crippen LogP) is 0.366. The fraction of sp³-hybridized carbons (Fsp3) is 0.545. The van der Waals surface area contributed by atoms with Gasteiger partial charge in [-0.1, -0.05) is 6.92 Å². The lowest BCUT2D eigenvalue weighted by molar-refractivity contribution is -0.141. The highest BCUT2D eigenvalue weighted by Crippen LogP contribution is 2.09. The second-order valence-corrected chi connectivity index (χ2v) is 5.22. The van der Waals surface area contributed by atoms with Crippen molar-refractivity contribution in [2.75, 3.05) is 13.7 Å². The quantitative estimate of drug-likeness (QED) is 0.701. The van der Waals surface area contributed by atoms with Crippen molar-refractivity contribution in [3.05, 3.63) is 16.6 Å². The summed E-state index contributed by atoms with van der Waals surface area (Å²) in [7, 11) is 1.57. The van der Waals surface area contributed by atoms with Gasteiger partial charge in [0.1, 0.15) is 6.04 Å². The lowest BCUT2D eigenvalue weighted by Gasteiger charge is -2.23. The number of hydrogen-bond donors (Lipinski definition) is 3. The molecule has 0 aliphatic rings. The molecular formula is C11H17N3O4S. The monoisotopic (exact) mass is 287 g/mol.